The van der Waals surface area contributed by atoms with E-state index in [2.05, 4.69) is 41.5 Å². The quantitative estimate of drug-likeness (QED) is 0.583. The predicted octanol–water partition coefficient (Wildman–Crippen LogP) is 2.62. The maximum Gasteiger partial charge on any atom is 0.232 e. The highest BCUT2D eigenvalue weighted by molar-refractivity contribution is 5.74. The maximum atomic E-state index is 8.85. The lowest BCUT2D eigenvalue weighted by atomic mass is 9.93. The Bertz CT molecular complexity index is 1170. The Hall–Kier alpha value is -3.54. The second kappa shape index (κ2) is 6.56. The summed E-state index contributed by atoms with van der Waals surface area (Å²) in [5.41, 5.74) is 2.83. The number of fused-ring (bicyclic) bond motifs is 3. The molecule has 0 unspecified atom stereocenters. The van der Waals surface area contributed by atoms with Gasteiger partial charge in [0.05, 0.1) is 24.1 Å². The molecule has 1 aliphatic rings. The Morgan fingerprint density at radius 1 is 1.21 bits per heavy atom. The highest BCUT2D eigenvalue weighted by atomic mass is 16.5. The second-order valence-corrected chi connectivity index (χ2v) is 7.06. The predicted molar refractivity (Wildman–Crippen MR) is 99.6 cm³/mol. The second-order valence-electron chi connectivity index (χ2n) is 7.06. The van der Waals surface area contributed by atoms with Crippen molar-refractivity contribution in [2.45, 2.75) is 38.2 Å². The molecule has 3 atom stereocenters. The molecule has 1 N–H and O–H groups in total. The largest absolute Gasteiger partial charge is 0.473 e. The van der Waals surface area contributed by atoms with Crippen LogP contribution in [0.2, 0.25) is 0 Å². The minimum atomic E-state index is 0.0214. The normalized spacial score (nSPS) is 21.9. The number of nitriles is 1. The highest BCUT2D eigenvalue weighted by Crippen LogP contribution is 2.42. The van der Waals surface area contributed by atoms with Gasteiger partial charge < -0.3 is 9.72 Å². The van der Waals surface area contributed by atoms with E-state index in [1.54, 1.807) is 6.20 Å². The van der Waals surface area contributed by atoms with E-state index in [0.717, 1.165) is 41.9 Å². The van der Waals surface area contributed by atoms with E-state index in [-0.39, 0.29) is 17.7 Å². The molecule has 140 valence electrons. The third-order valence-corrected chi connectivity index (χ3v) is 5.50. The standard InChI is InChI=1S/C19H18N8O/c1-2-11-5-13(28-17-10-22-12(7-20)8-23-17)6-14(11)19-26-25-16-9-24-18-15(27(16)19)3-4-21-18/h3-4,8-11,13-14,21H,2,5-6H2,1H3/t11-,13-,14+/m0/s1. The summed E-state index contributed by atoms with van der Waals surface area (Å²) >= 11 is 0. The maximum absolute atomic E-state index is 8.85. The third-order valence-electron chi connectivity index (χ3n) is 5.50. The Balaban J connectivity index is 1.46. The van der Waals surface area contributed by atoms with Crippen LogP contribution in [0, 0.1) is 17.2 Å². The molecule has 1 aliphatic carbocycles. The van der Waals surface area contributed by atoms with Crippen LogP contribution >= 0.6 is 0 Å². The fourth-order valence-corrected chi connectivity index (χ4v) is 4.18. The molecule has 4 heterocycles. The van der Waals surface area contributed by atoms with Gasteiger partial charge in [0.25, 0.3) is 0 Å². The smallest absolute Gasteiger partial charge is 0.232 e. The number of aromatic amines is 1. The van der Waals surface area contributed by atoms with Crippen LogP contribution in [0.1, 0.15) is 43.6 Å². The van der Waals surface area contributed by atoms with Crippen LogP contribution in [0.3, 0.4) is 0 Å². The molecule has 0 saturated heterocycles. The van der Waals surface area contributed by atoms with Crippen molar-refractivity contribution in [2.24, 2.45) is 5.92 Å². The number of hydrogen-bond donors (Lipinski definition) is 1. The van der Waals surface area contributed by atoms with Crippen molar-refractivity contribution in [2.75, 3.05) is 0 Å². The average Bonchev–Trinajstić information content (AvgIpc) is 3.45. The monoisotopic (exact) mass is 374 g/mol. The number of H-pyrrole nitrogens is 1. The van der Waals surface area contributed by atoms with Gasteiger partial charge in [-0.05, 0) is 24.8 Å². The summed E-state index contributed by atoms with van der Waals surface area (Å²) in [6, 6.07) is 3.96. The minimum absolute atomic E-state index is 0.0214. The molecule has 4 aromatic rings. The van der Waals surface area contributed by atoms with Gasteiger partial charge in [0.2, 0.25) is 5.88 Å². The van der Waals surface area contributed by atoms with E-state index in [1.165, 1.54) is 12.4 Å². The zero-order chi connectivity index (χ0) is 19.1. The lowest BCUT2D eigenvalue weighted by molar-refractivity contribution is 0.194. The van der Waals surface area contributed by atoms with Crippen molar-refractivity contribution < 1.29 is 4.74 Å². The molecule has 0 amide bonds. The fraction of sp³-hybridized carbons (Fsp3) is 0.368. The molecule has 0 aliphatic heterocycles. The number of rotatable bonds is 4. The first-order valence-electron chi connectivity index (χ1n) is 9.32. The first-order chi connectivity index (χ1) is 13.8. The van der Waals surface area contributed by atoms with Crippen LogP contribution in [-0.4, -0.2) is 40.6 Å². The van der Waals surface area contributed by atoms with Crippen molar-refractivity contribution in [3.05, 3.63) is 42.4 Å². The Kier molecular flexibility index (Phi) is 3.90. The topological polar surface area (TPSA) is 118 Å². The molecule has 4 aromatic heterocycles. The number of nitrogens with zero attached hydrogens (tertiary/aromatic N) is 7. The summed E-state index contributed by atoms with van der Waals surface area (Å²) in [7, 11) is 0. The van der Waals surface area contributed by atoms with Crippen LogP contribution in [0.5, 0.6) is 5.88 Å². The number of hydrogen-bond acceptors (Lipinski definition) is 7. The van der Waals surface area contributed by atoms with Crippen LogP contribution in [0.15, 0.2) is 30.9 Å². The number of ether oxygens (including phenoxy) is 1. The van der Waals surface area contributed by atoms with Gasteiger partial charge in [-0.25, -0.2) is 15.0 Å². The van der Waals surface area contributed by atoms with E-state index >= 15 is 0 Å². The van der Waals surface area contributed by atoms with Gasteiger partial charge in [-0.3, -0.25) is 4.40 Å². The molecular weight excluding hydrogens is 356 g/mol. The number of aromatic nitrogens is 7. The Morgan fingerprint density at radius 3 is 2.93 bits per heavy atom. The molecule has 1 saturated carbocycles. The van der Waals surface area contributed by atoms with E-state index < -0.39 is 0 Å². The molecular formula is C19H18N8O. The SMILES string of the molecule is CC[C@H]1C[C@H](Oc2cnc(C#N)cn2)C[C@H]1c1nnc2cnc3[nH]ccc3n12. The summed E-state index contributed by atoms with van der Waals surface area (Å²) < 4.78 is 8.15. The summed E-state index contributed by atoms with van der Waals surface area (Å²) in [5.74, 6) is 2.07. The van der Waals surface area contributed by atoms with Crippen molar-refractivity contribution in [1.82, 2.24) is 34.5 Å². The van der Waals surface area contributed by atoms with Gasteiger partial charge in [-0.15, -0.1) is 10.2 Å². The van der Waals surface area contributed by atoms with Gasteiger partial charge >= 0.3 is 0 Å². The van der Waals surface area contributed by atoms with Crippen molar-refractivity contribution in [3.63, 3.8) is 0 Å². The van der Waals surface area contributed by atoms with Crippen LogP contribution in [-0.2, 0) is 0 Å². The average molecular weight is 374 g/mol. The Morgan fingerprint density at radius 2 is 2.14 bits per heavy atom. The molecule has 0 radical (unpaired) electrons. The Labute approximate surface area is 160 Å². The summed E-state index contributed by atoms with van der Waals surface area (Å²) in [4.78, 5) is 15.8. The molecule has 9 heteroatoms. The third kappa shape index (κ3) is 2.65. The number of nitrogens with one attached hydrogen (secondary N) is 1. The highest BCUT2D eigenvalue weighted by Gasteiger charge is 2.38. The van der Waals surface area contributed by atoms with Gasteiger partial charge in [-0.2, -0.15) is 5.26 Å². The lowest BCUT2D eigenvalue weighted by Gasteiger charge is -2.15. The molecule has 0 spiro atoms. The van der Waals surface area contributed by atoms with E-state index in [9.17, 15) is 0 Å². The minimum Gasteiger partial charge on any atom is -0.473 e. The first kappa shape index (κ1) is 16.6. The van der Waals surface area contributed by atoms with Crippen molar-refractivity contribution in [3.8, 4) is 11.9 Å². The molecule has 1 fully saturated rings. The van der Waals surface area contributed by atoms with Gasteiger partial charge in [0.1, 0.15) is 18.0 Å². The molecule has 0 aromatic carbocycles. The van der Waals surface area contributed by atoms with Gasteiger partial charge in [0, 0.05) is 12.1 Å². The fourth-order valence-electron chi connectivity index (χ4n) is 4.18. The van der Waals surface area contributed by atoms with Crippen molar-refractivity contribution >= 4 is 16.8 Å². The lowest BCUT2D eigenvalue weighted by Crippen LogP contribution is -2.13. The molecule has 28 heavy (non-hydrogen) atoms. The van der Waals surface area contributed by atoms with Gasteiger partial charge in [-0.1, -0.05) is 13.3 Å². The summed E-state index contributed by atoms with van der Waals surface area (Å²) in [5, 5.41) is 17.7. The zero-order valence-electron chi connectivity index (χ0n) is 15.3. The van der Waals surface area contributed by atoms with Crippen LogP contribution in [0.25, 0.3) is 16.8 Å². The van der Waals surface area contributed by atoms with E-state index in [4.69, 9.17) is 10.00 Å². The van der Waals surface area contributed by atoms with E-state index in [0.29, 0.717) is 11.8 Å². The van der Waals surface area contributed by atoms with E-state index in [1.807, 2.05) is 18.3 Å². The van der Waals surface area contributed by atoms with Crippen LogP contribution in [0.4, 0.5) is 0 Å². The molecule has 0 bridgehead atoms. The van der Waals surface area contributed by atoms with Crippen molar-refractivity contribution in [1.29, 1.82) is 5.26 Å². The van der Waals surface area contributed by atoms with Gasteiger partial charge in [0.15, 0.2) is 17.0 Å². The zero-order valence-corrected chi connectivity index (χ0v) is 15.3. The first-order valence-corrected chi connectivity index (χ1v) is 9.32. The summed E-state index contributed by atoms with van der Waals surface area (Å²) in [6.07, 6.45) is 9.35. The molecule has 9 nitrogen and oxygen atoms in total. The molecule has 5 rings (SSSR count). The summed E-state index contributed by atoms with van der Waals surface area (Å²) in [6.45, 7) is 2.19. The van der Waals surface area contributed by atoms with Crippen LogP contribution < -0.4 is 4.74 Å².